The lowest BCUT2D eigenvalue weighted by Gasteiger charge is -2.54. The zero-order valence-corrected chi connectivity index (χ0v) is 12.7. The first-order chi connectivity index (χ1) is 10.00. The summed E-state index contributed by atoms with van der Waals surface area (Å²) in [7, 11) is 0. The van der Waals surface area contributed by atoms with Crippen molar-refractivity contribution in [3.63, 3.8) is 0 Å². The number of nitrogens with two attached hydrogens (primary N) is 1. The molecule has 0 spiro atoms. The highest BCUT2D eigenvalue weighted by atomic mass is 16.5. The van der Waals surface area contributed by atoms with Gasteiger partial charge in [-0.2, -0.15) is 0 Å². The van der Waals surface area contributed by atoms with Crippen molar-refractivity contribution in [3.05, 3.63) is 35.9 Å². The monoisotopic (exact) mass is 288 g/mol. The van der Waals surface area contributed by atoms with Gasteiger partial charge in [0.25, 0.3) is 0 Å². The van der Waals surface area contributed by atoms with E-state index in [0.29, 0.717) is 18.4 Å². The molecule has 3 N–H and O–H groups in total. The Balaban J connectivity index is 1.57. The topological polar surface area (TPSA) is 64.4 Å². The molecule has 4 heteroatoms. The predicted molar refractivity (Wildman–Crippen MR) is 81.5 cm³/mol. The molecule has 2 fully saturated rings. The summed E-state index contributed by atoms with van der Waals surface area (Å²) in [5, 5.41) is 3.18. The number of fused-ring (bicyclic) bond motifs is 1. The quantitative estimate of drug-likeness (QED) is 0.890. The molecule has 1 saturated heterocycles. The standard InChI is InChI=1S/C17H24N2O2/c1-17(2)15(12-8-9-21-16(12)17)19-14(20)10-13(18)11-6-4-3-5-7-11/h3-7,12-13,15-16H,8-10,18H2,1-2H3,(H,19,20)/t12-,13+,15-,16+/m1/s1. The first kappa shape index (κ1) is 14.5. The Morgan fingerprint density at radius 3 is 2.86 bits per heavy atom. The zero-order chi connectivity index (χ0) is 15.0. The fraction of sp³-hybridized carbons (Fsp3) is 0.588. The molecule has 0 unspecified atom stereocenters. The molecule has 1 saturated carbocycles. The minimum absolute atomic E-state index is 0.0215. The molecule has 0 radical (unpaired) electrons. The van der Waals surface area contributed by atoms with Crippen LogP contribution in [-0.2, 0) is 9.53 Å². The van der Waals surface area contributed by atoms with Gasteiger partial charge in [-0.25, -0.2) is 0 Å². The van der Waals surface area contributed by atoms with Crippen LogP contribution in [0.2, 0.25) is 0 Å². The molecular weight excluding hydrogens is 264 g/mol. The van der Waals surface area contributed by atoms with Crippen LogP contribution in [-0.4, -0.2) is 24.7 Å². The van der Waals surface area contributed by atoms with E-state index in [1.807, 2.05) is 30.3 Å². The minimum atomic E-state index is -0.245. The van der Waals surface area contributed by atoms with Crippen molar-refractivity contribution >= 4 is 5.91 Å². The van der Waals surface area contributed by atoms with E-state index in [1.54, 1.807) is 0 Å². The van der Waals surface area contributed by atoms with Crippen LogP contribution in [0.1, 0.15) is 38.3 Å². The van der Waals surface area contributed by atoms with E-state index in [1.165, 1.54) is 0 Å². The highest BCUT2D eigenvalue weighted by Gasteiger charge is 2.59. The molecule has 114 valence electrons. The van der Waals surface area contributed by atoms with Gasteiger partial charge in [-0.05, 0) is 12.0 Å². The van der Waals surface area contributed by atoms with E-state index in [-0.39, 0.29) is 23.4 Å². The fourth-order valence-corrected chi connectivity index (χ4v) is 3.87. The average molecular weight is 288 g/mol. The molecule has 3 rings (SSSR count). The number of carbonyl (C=O) groups is 1. The molecule has 4 nitrogen and oxygen atoms in total. The normalized spacial score (nSPS) is 31.1. The van der Waals surface area contributed by atoms with Crippen LogP contribution in [0.4, 0.5) is 0 Å². The summed E-state index contributed by atoms with van der Waals surface area (Å²) in [6.45, 7) is 5.15. The maximum absolute atomic E-state index is 12.3. The Morgan fingerprint density at radius 2 is 2.14 bits per heavy atom. The summed E-state index contributed by atoms with van der Waals surface area (Å²) >= 11 is 0. The summed E-state index contributed by atoms with van der Waals surface area (Å²) in [6.07, 6.45) is 1.67. The van der Waals surface area contributed by atoms with Crippen LogP contribution in [0.15, 0.2) is 30.3 Å². The van der Waals surface area contributed by atoms with E-state index < -0.39 is 0 Å². The molecule has 1 aliphatic carbocycles. The van der Waals surface area contributed by atoms with E-state index in [4.69, 9.17) is 10.5 Å². The first-order valence-corrected chi connectivity index (χ1v) is 7.71. The van der Waals surface area contributed by atoms with Gasteiger partial charge in [-0.3, -0.25) is 4.79 Å². The third kappa shape index (κ3) is 2.58. The van der Waals surface area contributed by atoms with Gasteiger partial charge in [0.05, 0.1) is 6.10 Å². The van der Waals surface area contributed by atoms with Crippen molar-refractivity contribution in [2.24, 2.45) is 17.1 Å². The van der Waals surface area contributed by atoms with E-state index in [2.05, 4.69) is 19.2 Å². The van der Waals surface area contributed by atoms with Crippen molar-refractivity contribution in [2.45, 2.75) is 44.9 Å². The second kappa shape index (κ2) is 5.43. The molecule has 1 amide bonds. The van der Waals surface area contributed by atoms with E-state index in [9.17, 15) is 4.79 Å². The van der Waals surface area contributed by atoms with Crippen LogP contribution in [0, 0.1) is 11.3 Å². The molecule has 0 bridgehead atoms. The Bertz CT molecular complexity index is 515. The van der Waals surface area contributed by atoms with Gasteiger partial charge in [0.1, 0.15) is 0 Å². The van der Waals surface area contributed by atoms with Crippen molar-refractivity contribution in [1.82, 2.24) is 5.32 Å². The molecule has 21 heavy (non-hydrogen) atoms. The highest BCUT2D eigenvalue weighted by molar-refractivity contribution is 5.77. The summed E-state index contributed by atoms with van der Waals surface area (Å²) in [5.41, 5.74) is 7.14. The van der Waals surface area contributed by atoms with Crippen LogP contribution < -0.4 is 11.1 Å². The molecule has 4 atom stereocenters. The first-order valence-electron chi connectivity index (χ1n) is 7.71. The number of carbonyl (C=O) groups excluding carboxylic acids is 1. The van der Waals surface area contributed by atoms with Crippen LogP contribution in [0.25, 0.3) is 0 Å². The van der Waals surface area contributed by atoms with Crippen LogP contribution in [0.5, 0.6) is 0 Å². The molecule has 2 aliphatic rings. The summed E-state index contributed by atoms with van der Waals surface area (Å²) in [6, 6.07) is 9.74. The summed E-state index contributed by atoms with van der Waals surface area (Å²) in [4.78, 5) is 12.3. The minimum Gasteiger partial charge on any atom is -0.377 e. The highest BCUT2D eigenvalue weighted by Crippen LogP contribution is 2.52. The number of nitrogens with one attached hydrogen (secondary N) is 1. The Labute approximate surface area is 126 Å². The third-order valence-electron chi connectivity index (χ3n) is 5.05. The SMILES string of the molecule is CC1(C)[C@H](NC(=O)C[C@H](N)c2ccccc2)[C@H]2CCO[C@@H]21. The van der Waals surface area contributed by atoms with E-state index >= 15 is 0 Å². The fourth-order valence-electron chi connectivity index (χ4n) is 3.87. The summed E-state index contributed by atoms with van der Waals surface area (Å²) < 4.78 is 5.75. The van der Waals surface area contributed by atoms with Gasteiger partial charge in [0, 0.05) is 36.4 Å². The number of rotatable bonds is 4. The largest absolute Gasteiger partial charge is 0.377 e. The maximum Gasteiger partial charge on any atom is 0.222 e. The maximum atomic E-state index is 12.3. The molecule has 0 aromatic heterocycles. The Hall–Kier alpha value is -1.39. The average Bonchev–Trinajstić information content (AvgIpc) is 2.93. The second-order valence-corrected chi connectivity index (χ2v) is 6.83. The van der Waals surface area contributed by atoms with E-state index in [0.717, 1.165) is 18.6 Å². The van der Waals surface area contributed by atoms with Crippen molar-refractivity contribution in [3.8, 4) is 0 Å². The van der Waals surface area contributed by atoms with Gasteiger partial charge >= 0.3 is 0 Å². The van der Waals surface area contributed by atoms with Gasteiger partial charge in [0.2, 0.25) is 5.91 Å². The molecule has 1 aromatic rings. The van der Waals surface area contributed by atoms with Gasteiger partial charge in [0.15, 0.2) is 0 Å². The lowest BCUT2D eigenvalue weighted by atomic mass is 9.57. The van der Waals surface area contributed by atoms with Crippen LogP contribution in [0.3, 0.4) is 0 Å². The van der Waals surface area contributed by atoms with Gasteiger partial charge < -0.3 is 15.8 Å². The lowest BCUT2D eigenvalue weighted by Crippen LogP contribution is -2.66. The smallest absolute Gasteiger partial charge is 0.222 e. The van der Waals surface area contributed by atoms with Gasteiger partial charge in [-0.15, -0.1) is 0 Å². The number of amides is 1. The Morgan fingerprint density at radius 1 is 1.43 bits per heavy atom. The Kier molecular flexibility index (Phi) is 3.76. The number of hydrogen-bond donors (Lipinski definition) is 2. The predicted octanol–water partition coefficient (Wildman–Crippen LogP) is 2.01. The molecule has 1 aliphatic heterocycles. The van der Waals surface area contributed by atoms with Crippen LogP contribution >= 0.6 is 0 Å². The number of ether oxygens (including phenoxy) is 1. The third-order valence-corrected chi connectivity index (χ3v) is 5.05. The lowest BCUT2D eigenvalue weighted by molar-refractivity contribution is -0.138. The number of benzene rings is 1. The second-order valence-electron chi connectivity index (χ2n) is 6.83. The summed E-state index contributed by atoms with van der Waals surface area (Å²) in [5.74, 6) is 0.506. The van der Waals surface area contributed by atoms with Gasteiger partial charge in [-0.1, -0.05) is 44.2 Å². The molecule has 1 aromatic carbocycles. The van der Waals surface area contributed by atoms with Crippen molar-refractivity contribution in [1.29, 1.82) is 0 Å². The molecular formula is C17H24N2O2. The van der Waals surface area contributed by atoms with Crippen molar-refractivity contribution in [2.75, 3.05) is 6.61 Å². The van der Waals surface area contributed by atoms with Crippen molar-refractivity contribution < 1.29 is 9.53 Å². The number of hydrogen-bond acceptors (Lipinski definition) is 3. The molecule has 1 heterocycles. The zero-order valence-electron chi connectivity index (χ0n) is 12.7.